The highest BCUT2D eigenvalue weighted by atomic mass is 16.5. The van der Waals surface area contributed by atoms with Crippen molar-refractivity contribution < 1.29 is 4.74 Å². The van der Waals surface area contributed by atoms with Crippen molar-refractivity contribution in [2.24, 2.45) is 0 Å². The first kappa shape index (κ1) is 31.7. The van der Waals surface area contributed by atoms with Crippen LogP contribution >= 0.6 is 0 Å². The summed E-state index contributed by atoms with van der Waals surface area (Å²) in [7, 11) is 0. The van der Waals surface area contributed by atoms with E-state index in [-0.39, 0.29) is 12.0 Å². The Bertz CT molecular complexity index is 3180. The fraction of sp³-hybridized carbons (Fsp3) is 0.0392. The zero-order valence-electron chi connectivity index (χ0n) is 30.7. The SMILES string of the molecule is C1=CC2c3c(cccc3-c3nc(-c4ccccc4)nc(-n4c5ccccc5c5ccccc54)n3)OC2c2c1n(-c1cccc(-c3ccccc3)c1)c1ccccc21. The van der Waals surface area contributed by atoms with E-state index in [1.807, 2.05) is 18.2 Å². The molecule has 12 rings (SSSR count). The lowest BCUT2D eigenvalue weighted by Crippen LogP contribution is -2.14. The Balaban J connectivity index is 1.03. The fourth-order valence-corrected chi connectivity index (χ4v) is 9.10. The van der Waals surface area contributed by atoms with Crippen molar-refractivity contribution in [2.75, 3.05) is 0 Å². The number of rotatable bonds is 5. The topological polar surface area (TPSA) is 57.8 Å². The Morgan fingerprint density at radius 2 is 1.05 bits per heavy atom. The molecule has 0 amide bonds. The van der Waals surface area contributed by atoms with Gasteiger partial charge < -0.3 is 9.30 Å². The monoisotopic (exact) mass is 731 g/mol. The number of benzene rings is 7. The Labute approximate surface area is 328 Å². The second-order valence-electron chi connectivity index (χ2n) is 14.7. The highest BCUT2D eigenvalue weighted by molar-refractivity contribution is 6.09. The first-order valence-corrected chi connectivity index (χ1v) is 19.4. The molecule has 2 aliphatic rings. The molecule has 0 fully saturated rings. The normalized spacial score (nSPS) is 15.4. The van der Waals surface area contributed by atoms with Gasteiger partial charge in [0, 0.05) is 50.0 Å². The van der Waals surface area contributed by atoms with Crippen LogP contribution in [0.1, 0.15) is 28.8 Å². The third kappa shape index (κ3) is 4.87. The first-order chi connectivity index (χ1) is 28.3. The van der Waals surface area contributed by atoms with E-state index in [1.54, 1.807) is 0 Å². The van der Waals surface area contributed by atoms with Crippen molar-refractivity contribution in [3.8, 4) is 51.3 Å². The fourth-order valence-electron chi connectivity index (χ4n) is 9.10. The number of ether oxygens (including phenoxy) is 1. The first-order valence-electron chi connectivity index (χ1n) is 19.4. The van der Waals surface area contributed by atoms with Gasteiger partial charge in [-0.15, -0.1) is 0 Å². The van der Waals surface area contributed by atoms with Gasteiger partial charge in [-0.05, 0) is 53.6 Å². The van der Waals surface area contributed by atoms with E-state index in [0.717, 1.165) is 61.1 Å². The van der Waals surface area contributed by atoms with Crippen molar-refractivity contribution >= 4 is 38.8 Å². The Morgan fingerprint density at radius 1 is 0.456 bits per heavy atom. The van der Waals surface area contributed by atoms with Gasteiger partial charge in [0.15, 0.2) is 11.6 Å². The Kier molecular flexibility index (Phi) is 6.95. The minimum atomic E-state index is -0.225. The summed E-state index contributed by atoms with van der Waals surface area (Å²) in [4.78, 5) is 15.7. The third-order valence-corrected chi connectivity index (χ3v) is 11.6. The summed E-state index contributed by atoms with van der Waals surface area (Å²) in [5.74, 6) is 2.61. The van der Waals surface area contributed by atoms with Gasteiger partial charge in [0.05, 0.1) is 22.2 Å². The van der Waals surface area contributed by atoms with E-state index in [0.29, 0.717) is 17.6 Å². The Hall–Kier alpha value is -7.57. The number of nitrogens with zero attached hydrogens (tertiary/aromatic N) is 5. The Morgan fingerprint density at radius 3 is 1.79 bits per heavy atom. The summed E-state index contributed by atoms with van der Waals surface area (Å²) in [6.45, 7) is 0. The molecule has 7 aromatic carbocycles. The predicted octanol–water partition coefficient (Wildman–Crippen LogP) is 12.2. The van der Waals surface area contributed by atoms with Crippen LogP contribution in [-0.2, 0) is 0 Å². The molecule has 10 aromatic rings. The number of aromatic nitrogens is 5. The maximum absolute atomic E-state index is 7.04. The van der Waals surface area contributed by atoms with Crippen molar-refractivity contribution in [1.82, 2.24) is 24.1 Å². The molecule has 268 valence electrons. The molecule has 3 aromatic heterocycles. The highest BCUT2D eigenvalue weighted by Crippen LogP contribution is 2.55. The number of hydrogen-bond donors (Lipinski definition) is 0. The van der Waals surface area contributed by atoms with Gasteiger partial charge >= 0.3 is 0 Å². The number of hydrogen-bond acceptors (Lipinski definition) is 4. The molecular formula is C51H33N5O. The summed E-state index contributed by atoms with van der Waals surface area (Å²) in [6, 6.07) is 61.4. The summed E-state index contributed by atoms with van der Waals surface area (Å²) in [5.41, 5.74) is 12.0. The lowest BCUT2D eigenvalue weighted by atomic mass is 9.83. The quantitative estimate of drug-likeness (QED) is 0.177. The van der Waals surface area contributed by atoms with Gasteiger partial charge in [0.1, 0.15) is 11.9 Å². The van der Waals surface area contributed by atoms with Gasteiger partial charge in [-0.2, -0.15) is 9.97 Å². The molecule has 0 radical (unpaired) electrons. The van der Waals surface area contributed by atoms with Crippen LogP contribution in [0, 0.1) is 0 Å². The van der Waals surface area contributed by atoms with Crippen LogP contribution < -0.4 is 4.74 Å². The van der Waals surface area contributed by atoms with Gasteiger partial charge in [-0.25, -0.2) is 4.98 Å². The van der Waals surface area contributed by atoms with Crippen molar-refractivity contribution in [1.29, 1.82) is 0 Å². The van der Waals surface area contributed by atoms with E-state index in [1.165, 1.54) is 22.1 Å². The summed E-state index contributed by atoms with van der Waals surface area (Å²) < 4.78 is 11.6. The van der Waals surface area contributed by atoms with Gasteiger partial charge in [0.2, 0.25) is 5.95 Å². The highest BCUT2D eigenvalue weighted by Gasteiger charge is 2.42. The average molecular weight is 732 g/mol. The van der Waals surface area contributed by atoms with Crippen molar-refractivity contribution in [2.45, 2.75) is 12.0 Å². The maximum Gasteiger partial charge on any atom is 0.238 e. The molecule has 0 N–H and O–H groups in total. The molecule has 2 atom stereocenters. The van der Waals surface area contributed by atoms with Gasteiger partial charge in [0.25, 0.3) is 0 Å². The second-order valence-corrected chi connectivity index (χ2v) is 14.7. The van der Waals surface area contributed by atoms with E-state index in [4.69, 9.17) is 19.7 Å². The molecular weight excluding hydrogens is 699 g/mol. The van der Waals surface area contributed by atoms with Crippen LogP contribution in [0.4, 0.5) is 0 Å². The molecule has 0 spiro atoms. The molecule has 0 saturated carbocycles. The summed E-state index contributed by atoms with van der Waals surface area (Å²) >= 11 is 0. The minimum absolute atomic E-state index is 0.0489. The number of fused-ring (bicyclic) bond motifs is 10. The minimum Gasteiger partial charge on any atom is -0.484 e. The molecule has 6 heteroatoms. The van der Waals surface area contributed by atoms with Crippen LogP contribution in [0.3, 0.4) is 0 Å². The van der Waals surface area contributed by atoms with Crippen molar-refractivity contribution in [3.05, 3.63) is 199 Å². The molecule has 2 unspecified atom stereocenters. The summed E-state index contributed by atoms with van der Waals surface area (Å²) in [6.07, 6.45) is 4.37. The van der Waals surface area contributed by atoms with E-state index in [9.17, 15) is 0 Å². The van der Waals surface area contributed by atoms with Gasteiger partial charge in [-0.1, -0.05) is 146 Å². The zero-order valence-corrected chi connectivity index (χ0v) is 30.7. The molecule has 4 heterocycles. The molecule has 1 aliphatic heterocycles. The number of para-hydroxylation sites is 3. The largest absolute Gasteiger partial charge is 0.484 e. The second kappa shape index (κ2) is 12.5. The lowest BCUT2D eigenvalue weighted by Gasteiger charge is -2.23. The zero-order chi connectivity index (χ0) is 37.5. The van der Waals surface area contributed by atoms with Crippen molar-refractivity contribution in [3.63, 3.8) is 0 Å². The maximum atomic E-state index is 7.04. The average Bonchev–Trinajstić information content (AvgIpc) is 3.95. The summed E-state index contributed by atoms with van der Waals surface area (Å²) in [5, 5.41) is 3.50. The molecule has 0 saturated heterocycles. The van der Waals surface area contributed by atoms with Crippen LogP contribution in [0.15, 0.2) is 182 Å². The molecule has 1 aliphatic carbocycles. The standard InChI is InChI=1S/C51H33N5O/c1-3-15-32(16-4-1)34-19-13-20-35(31-34)55-43-27-12-9-23-38(43)47-44(55)30-29-39-46-40(24-14-28-45(46)57-48(39)47)50-52-49(33-17-5-2-6-18-33)53-51(54-50)56-41-25-10-7-21-36(41)37-22-8-11-26-42(37)56/h1-31,39,48H. The predicted molar refractivity (Wildman–Crippen MR) is 229 cm³/mol. The van der Waals surface area contributed by atoms with E-state index in [2.05, 4.69) is 179 Å². The van der Waals surface area contributed by atoms with Gasteiger partial charge in [-0.3, -0.25) is 4.57 Å². The van der Waals surface area contributed by atoms with E-state index < -0.39 is 0 Å². The van der Waals surface area contributed by atoms with Crippen LogP contribution in [-0.4, -0.2) is 24.1 Å². The van der Waals surface area contributed by atoms with E-state index >= 15 is 0 Å². The molecule has 57 heavy (non-hydrogen) atoms. The van der Waals surface area contributed by atoms with Crippen LogP contribution in [0.2, 0.25) is 0 Å². The lowest BCUT2D eigenvalue weighted by molar-refractivity contribution is 0.224. The van der Waals surface area contributed by atoms with Crippen LogP contribution in [0.25, 0.3) is 84.3 Å². The smallest absolute Gasteiger partial charge is 0.238 e. The molecule has 6 nitrogen and oxygen atoms in total. The third-order valence-electron chi connectivity index (χ3n) is 11.6. The molecule has 0 bridgehead atoms. The van der Waals surface area contributed by atoms with Crippen LogP contribution in [0.5, 0.6) is 5.75 Å².